The van der Waals surface area contributed by atoms with Crippen molar-refractivity contribution in [3.8, 4) is 0 Å². The van der Waals surface area contributed by atoms with Crippen LogP contribution in [0.15, 0.2) is 52.4 Å². The van der Waals surface area contributed by atoms with Gasteiger partial charge < -0.3 is 0 Å². The molecule has 0 heterocycles. The van der Waals surface area contributed by atoms with Crippen molar-refractivity contribution >= 4 is 27.5 Å². The van der Waals surface area contributed by atoms with Gasteiger partial charge in [0.05, 0.1) is 15.4 Å². The molecule has 0 saturated carbocycles. The molecule has 0 saturated heterocycles. The molecular formula is C14H12N2O5S. The second-order valence-corrected chi connectivity index (χ2v) is 6.64. The second kappa shape index (κ2) is 6.02. The molecule has 0 radical (unpaired) electrons. The highest BCUT2D eigenvalue weighted by atomic mass is 32.2. The standard InChI is InChI=1S/C14H12N2O5S/c1-22(20,21)11-7-6-10(13(8-11)16(18)19)9-15-12-4-2-3-5-14(12)17/h2-9,12H,1H3. The summed E-state index contributed by atoms with van der Waals surface area (Å²) >= 11 is 0. The summed E-state index contributed by atoms with van der Waals surface area (Å²) in [5, 5.41) is 11.1. The van der Waals surface area contributed by atoms with Crippen LogP contribution in [0.3, 0.4) is 0 Å². The van der Waals surface area contributed by atoms with Crippen molar-refractivity contribution < 1.29 is 18.1 Å². The van der Waals surface area contributed by atoms with Crippen LogP contribution in [0.4, 0.5) is 5.69 Å². The molecular weight excluding hydrogens is 308 g/mol. The maximum absolute atomic E-state index is 11.6. The van der Waals surface area contributed by atoms with E-state index in [0.717, 1.165) is 12.3 Å². The minimum atomic E-state index is -3.54. The Morgan fingerprint density at radius 3 is 2.64 bits per heavy atom. The van der Waals surface area contributed by atoms with Gasteiger partial charge in [-0.1, -0.05) is 18.2 Å². The number of sulfone groups is 1. The van der Waals surface area contributed by atoms with Crippen molar-refractivity contribution in [2.45, 2.75) is 10.9 Å². The Morgan fingerprint density at radius 2 is 2.05 bits per heavy atom. The second-order valence-electron chi connectivity index (χ2n) is 4.62. The lowest BCUT2D eigenvalue weighted by Crippen LogP contribution is -2.15. The first-order valence-electron chi connectivity index (χ1n) is 6.19. The molecule has 1 aromatic carbocycles. The lowest BCUT2D eigenvalue weighted by molar-refractivity contribution is -0.385. The van der Waals surface area contributed by atoms with E-state index in [1.807, 2.05) is 0 Å². The van der Waals surface area contributed by atoms with Gasteiger partial charge in [0, 0.05) is 18.5 Å². The number of nitrogens with zero attached hydrogens (tertiary/aromatic N) is 2. The Kier molecular flexibility index (Phi) is 4.32. The third kappa shape index (κ3) is 3.53. The van der Waals surface area contributed by atoms with Gasteiger partial charge in [0.2, 0.25) is 0 Å². The first-order valence-corrected chi connectivity index (χ1v) is 8.08. The number of carbonyl (C=O) groups is 1. The Hall–Kier alpha value is -2.61. The molecule has 22 heavy (non-hydrogen) atoms. The zero-order chi connectivity index (χ0) is 16.3. The van der Waals surface area contributed by atoms with Gasteiger partial charge in [-0.3, -0.25) is 19.9 Å². The Morgan fingerprint density at radius 1 is 1.32 bits per heavy atom. The van der Waals surface area contributed by atoms with E-state index in [2.05, 4.69) is 4.99 Å². The van der Waals surface area contributed by atoms with Crippen molar-refractivity contribution in [1.29, 1.82) is 0 Å². The number of allylic oxidation sites excluding steroid dienone is 2. The molecule has 0 aliphatic heterocycles. The molecule has 0 N–H and O–H groups in total. The summed E-state index contributed by atoms with van der Waals surface area (Å²) in [5.74, 6) is -0.228. The summed E-state index contributed by atoms with van der Waals surface area (Å²) in [6.45, 7) is 0. The molecule has 1 aliphatic rings. The van der Waals surface area contributed by atoms with Gasteiger partial charge in [0.15, 0.2) is 15.6 Å². The van der Waals surface area contributed by atoms with Crippen molar-refractivity contribution in [2.24, 2.45) is 4.99 Å². The molecule has 0 spiro atoms. The SMILES string of the molecule is CS(=O)(=O)c1ccc(C=NC2C=CC=CC2=O)c([N+](=O)[O-])c1. The summed E-state index contributed by atoms with van der Waals surface area (Å²) < 4.78 is 22.9. The monoisotopic (exact) mass is 320 g/mol. The fourth-order valence-corrected chi connectivity index (χ4v) is 2.46. The van der Waals surface area contributed by atoms with E-state index in [1.165, 1.54) is 24.4 Å². The number of carbonyl (C=O) groups excluding carboxylic acids is 1. The summed E-state index contributed by atoms with van der Waals surface area (Å²) in [6, 6.07) is 2.82. The van der Waals surface area contributed by atoms with Crippen LogP contribution in [-0.4, -0.2) is 37.6 Å². The van der Waals surface area contributed by atoms with E-state index >= 15 is 0 Å². The Bertz CT molecular complexity index is 822. The van der Waals surface area contributed by atoms with Crippen molar-refractivity contribution in [1.82, 2.24) is 0 Å². The predicted octanol–water partition coefficient (Wildman–Crippen LogP) is 1.48. The molecule has 1 aromatic rings. The van der Waals surface area contributed by atoms with Gasteiger partial charge >= 0.3 is 0 Å². The zero-order valence-corrected chi connectivity index (χ0v) is 12.4. The quantitative estimate of drug-likeness (QED) is 0.474. The molecule has 0 fully saturated rings. The number of nitro groups is 1. The number of rotatable bonds is 4. The van der Waals surface area contributed by atoms with Crippen LogP contribution >= 0.6 is 0 Å². The maximum atomic E-state index is 11.6. The Labute approximate surface area is 126 Å². The largest absolute Gasteiger partial charge is 0.292 e. The summed E-state index contributed by atoms with van der Waals surface area (Å²) in [5.41, 5.74) is -0.248. The average molecular weight is 320 g/mol. The lowest BCUT2D eigenvalue weighted by Gasteiger charge is -2.06. The van der Waals surface area contributed by atoms with E-state index in [1.54, 1.807) is 18.2 Å². The highest BCUT2D eigenvalue weighted by Gasteiger charge is 2.18. The van der Waals surface area contributed by atoms with Gasteiger partial charge in [-0.05, 0) is 18.2 Å². The fraction of sp³-hybridized carbons (Fsp3) is 0.143. The molecule has 1 atom stereocenters. The molecule has 0 bridgehead atoms. The maximum Gasteiger partial charge on any atom is 0.279 e. The zero-order valence-electron chi connectivity index (χ0n) is 11.5. The van der Waals surface area contributed by atoms with Crippen LogP contribution in [0.2, 0.25) is 0 Å². The van der Waals surface area contributed by atoms with Gasteiger partial charge in [-0.25, -0.2) is 8.42 Å². The van der Waals surface area contributed by atoms with Crippen molar-refractivity contribution in [3.05, 3.63) is 58.2 Å². The third-order valence-electron chi connectivity index (χ3n) is 2.96. The number of aliphatic imine (C=N–C) groups is 1. The molecule has 114 valence electrons. The van der Waals surface area contributed by atoms with Crippen LogP contribution in [0.25, 0.3) is 0 Å². The summed E-state index contributed by atoms with van der Waals surface area (Å²) in [6.07, 6.45) is 8.34. The number of nitro benzene ring substituents is 1. The van der Waals surface area contributed by atoms with Crippen molar-refractivity contribution in [3.63, 3.8) is 0 Å². The van der Waals surface area contributed by atoms with Gasteiger partial charge in [-0.15, -0.1) is 0 Å². The van der Waals surface area contributed by atoms with Crippen LogP contribution in [0.1, 0.15) is 5.56 Å². The lowest BCUT2D eigenvalue weighted by atomic mass is 10.1. The van der Waals surface area contributed by atoms with Gasteiger partial charge in [0.25, 0.3) is 5.69 Å². The summed E-state index contributed by atoms with van der Waals surface area (Å²) in [4.78, 5) is 25.8. The number of hydrogen-bond acceptors (Lipinski definition) is 6. The molecule has 0 amide bonds. The van der Waals surface area contributed by atoms with Crippen molar-refractivity contribution in [2.75, 3.05) is 6.26 Å². The van der Waals surface area contributed by atoms with Gasteiger partial charge in [-0.2, -0.15) is 0 Å². The van der Waals surface area contributed by atoms with Crippen LogP contribution < -0.4 is 0 Å². The topological polar surface area (TPSA) is 107 Å². The predicted molar refractivity (Wildman–Crippen MR) is 80.9 cm³/mol. The van der Waals surface area contributed by atoms with E-state index in [4.69, 9.17) is 0 Å². The smallest absolute Gasteiger partial charge is 0.279 e. The first kappa shape index (κ1) is 15.8. The van der Waals surface area contributed by atoms with Crippen LogP contribution in [0, 0.1) is 10.1 Å². The molecule has 8 heteroatoms. The normalized spacial score (nSPS) is 18.0. The highest BCUT2D eigenvalue weighted by molar-refractivity contribution is 7.90. The van der Waals surface area contributed by atoms with E-state index in [9.17, 15) is 23.3 Å². The molecule has 1 unspecified atom stereocenters. The summed E-state index contributed by atoms with van der Waals surface area (Å²) in [7, 11) is -3.54. The first-order chi connectivity index (χ1) is 10.3. The number of benzene rings is 1. The molecule has 0 aromatic heterocycles. The van der Waals surface area contributed by atoms with Crippen LogP contribution in [-0.2, 0) is 14.6 Å². The minimum absolute atomic E-state index is 0.133. The molecule has 2 rings (SSSR count). The van der Waals surface area contributed by atoms with E-state index < -0.39 is 20.8 Å². The third-order valence-corrected chi connectivity index (χ3v) is 4.07. The Balaban J connectivity index is 2.39. The number of ketones is 1. The number of hydrogen-bond donors (Lipinski definition) is 0. The van der Waals surface area contributed by atoms with E-state index in [0.29, 0.717) is 0 Å². The fourth-order valence-electron chi connectivity index (χ4n) is 1.82. The molecule has 1 aliphatic carbocycles. The highest BCUT2D eigenvalue weighted by Crippen LogP contribution is 2.22. The van der Waals surface area contributed by atoms with Crippen LogP contribution in [0.5, 0.6) is 0 Å². The van der Waals surface area contributed by atoms with E-state index in [-0.39, 0.29) is 21.9 Å². The van der Waals surface area contributed by atoms with Gasteiger partial charge in [0.1, 0.15) is 6.04 Å². The average Bonchev–Trinajstić information content (AvgIpc) is 2.45. The minimum Gasteiger partial charge on any atom is -0.292 e. The molecule has 7 nitrogen and oxygen atoms in total.